The first-order valence-electron chi connectivity index (χ1n) is 8.25. The maximum Gasteiger partial charge on any atom is 0.311 e. The number of ether oxygens (including phenoxy) is 1. The average Bonchev–Trinajstić information content (AvgIpc) is 3.33. The van der Waals surface area contributed by atoms with Crippen LogP contribution in [0.1, 0.15) is 12.6 Å². The fourth-order valence-electron chi connectivity index (χ4n) is 2.27. The number of sulfonamides is 1. The Morgan fingerprint density at radius 1 is 1.07 bits per heavy atom. The van der Waals surface area contributed by atoms with E-state index < -0.39 is 25.8 Å². The van der Waals surface area contributed by atoms with Crippen molar-refractivity contribution in [3.63, 3.8) is 0 Å². The van der Waals surface area contributed by atoms with Crippen LogP contribution in [0, 0.1) is 0 Å². The number of nitrogens with one attached hydrogen (secondary N) is 1. The molecule has 8 nitrogen and oxygen atoms in total. The van der Waals surface area contributed by atoms with Crippen LogP contribution < -0.4 is 4.72 Å². The van der Waals surface area contributed by atoms with Crippen molar-refractivity contribution >= 4 is 53.6 Å². The monoisotopic (exact) mass is 472 g/mol. The second-order valence-electron chi connectivity index (χ2n) is 5.62. The summed E-state index contributed by atoms with van der Waals surface area (Å²) in [6, 6.07) is 10.3. The summed E-state index contributed by atoms with van der Waals surface area (Å²) >= 11 is 1.67. The van der Waals surface area contributed by atoms with Gasteiger partial charge >= 0.3 is 5.97 Å². The number of carbonyl (C=O) groups excluding carboxylic acids is 1. The van der Waals surface area contributed by atoms with Gasteiger partial charge in [-0.05, 0) is 31.2 Å². The van der Waals surface area contributed by atoms with Crippen LogP contribution in [0.25, 0.3) is 0 Å². The number of rotatable bonds is 8. The van der Waals surface area contributed by atoms with Crippen molar-refractivity contribution in [3.05, 3.63) is 53.5 Å². The Bertz CT molecular complexity index is 1210. The molecule has 0 aliphatic heterocycles. The highest BCUT2D eigenvalue weighted by Gasteiger charge is 2.25. The summed E-state index contributed by atoms with van der Waals surface area (Å²) in [7, 11) is -7.83. The molecule has 0 bridgehead atoms. The number of nitrogens with zero attached hydrogens (tertiary/aromatic N) is 1. The Hall–Kier alpha value is -2.28. The number of esters is 1. The van der Waals surface area contributed by atoms with Crippen LogP contribution in [0.3, 0.4) is 0 Å². The van der Waals surface area contributed by atoms with E-state index in [1.54, 1.807) is 30.5 Å². The molecule has 1 N–H and O–H groups in total. The van der Waals surface area contributed by atoms with Crippen molar-refractivity contribution < 1.29 is 26.4 Å². The summed E-state index contributed by atoms with van der Waals surface area (Å²) < 4.78 is 57.3. The predicted molar refractivity (Wildman–Crippen MR) is 109 cm³/mol. The van der Waals surface area contributed by atoms with Gasteiger partial charge in [0.1, 0.15) is 8.42 Å². The molecule has 0 spiro atoms. The van der Waals surface area contributed by atoms with Gasteiger partial charge in [-0.25, -0.2) is 21.8 Å². The van der Waals surface area contributed by atoms with Gasteiger partial charge in [0, 0.05) is 5.38 Å². The Balaban J connectivity index is 1.78. The molecular weight excluding hydrogens is 456 g/mol. The van der Waals surface area contributed by atoms with E-state index in [-0.39, 0.29) is 31.5 Å². The number of thiophene rings is 1. The number of carbonyl (C=O) groups is 1. The van der Waals surface area contributed by atoms with E-state index in [4.69, 9.17) is 4.74 Å². The Morgan fingerprint density at radius 2 is 1.76 bits per heavy atom. The van der Waals surface area contributed by atoms with Crippen molar-refractivity contribution in [1.29, 1.82) is 0 Å². The number of aromatic nitrogens is 1. The highest BCUT2D eigenvalue weighted by atomic mass is 32.3. The molecule has 2 heterocycles. The van der Waals surface area contributed by atoms with Crippen LogP contribution in [0.4, 0.5) is 5.13 Å². The van der Waals surface area contributed by atoms with Crippen LogP contribution in [0.2, 0.25) is 0 Å². The largest absolute Gasteiger partial charge is 0.466 e. The van der Waals surface area contributed by atoms with Crippen LogP contribution in [0.5, 0.6) is 0 Å². The lowest BCUT2D eigenvalue weighted by Gasteiger charge is -2.03. The standard InChI is InChI=1S/C17H16N2O6S4/c1-2-25-14(20)10-12-11-26-17(18-12)19-29(23,24)16-9-8-15(27-16)28(21,22)13-6-4-3-5-7-13/h3-9,11H,2,10H2,1H3,(H,18,19). The lowest BCUT2D eigenvalue weighted by atomic mass is 10.3. The predicted octanol–water partition coefficient (Wildman–Crippen LogP) is 2.94. The van der Waals surface area contributed by atoms with Gasteiger partial charge in [0.15, 0.2) is 5.13 Å². The summed E-state index contributed by atoms with van der Waals surface area (Å²) in [6.07, 6.45) is -0.0649. The molecule has 0 aliphatic carbocycles. The molecule has 0 atom stereocenters. The second kappa shape index (κ2) is 8.61. The Morgan fingerprint density at radius 3 is 2.45 bits per heavy atom. The maximum absolute atomic E-state index is 12.6. The number of hydrogen-bond acceptors (Lipinski definition) is 9. The molecule has 154 valence electrons. The third kappa shape index (κ3) is 5.01. The fourth-order valence-corrected chi connectivity index (χ4v) is 7.42. The number of thiazole rings is 1. The lowest BCUT2D eigenvalue weighted by molar-refractivity contribution is -0.142. The second-order valence-corrected chi connectivity index (χ2v) is 11.6. The van der Waals surface area contributed by atoms with Gasteiger partial charge in [-0.2, -0.15) is 0 Å². The molecule has 0 amide bonds. The van der Waals surface area contributed by atoms with E-state index in [9.17, 15) is 21.6 Å². The number of benzene rings is 1. The average molecular weight is 473 g/mol. The first-order chi connectivity index (χ1) is 13.7. The lowest BCUT2D eigenvalue weighted by Crippen LogP contribution is -2.12. The first-order valence-corrected chi connectivity index (χ1v) is 12.9. The van der Waals surface area contributed by atoms with Gasteiger partial charge in [-0.3, -0.25) is 9.52 Å². The summed E-state index contributed by atoms with van der Waals surface area (Å²) in [4.78, 5) is 15.6. The van der Waals surface area contributed by atoms with Crippen molar-refractivity contribution in [2.45, 2.75) is 26.7 Å². The molecule has 0 saturated carbocycles. The smallest absolute Gasteiger partial charge is 0.311 e. The van der Waals surface area contributed by atoms with E-state index in [1.165, 1.54) is 24.3 Å². The van der Waals surface area contributed by atoms with E-state index in [0.717, 1.165) is 11.3 Å². The van der Waals surface area contributed by atoms with Gasteiger partial charge in [0.25, 0.3) is 10.0 Å². The molecular formula is C17H16N2O6S4. The van der Waals surface area contributed by atoms with Crippen molar-refractivity contribution in [2.24, 2.45) is 0 Å². The van der Waals surface area contributed by atoms with Crippen LogP contribution >= 0.6 is 22.7 Å². The van der Waals surface area contributed by atoms with Crippen molar-refractivity contribution in [3.8, 4) is 0 Å². The van der Waals surface area contributed by atoms with Crippen molar-refractivity contribution in [2.75, 3.05) is 11.3 Å². The normalized spacial score (nSPS) is 11.9. The quantitative estimate of drug-likeness (QED) is 0.501. The summed E-state index contributed by atoms with van der Waals surface area (Å²) in [6.45, 7) is 1.93. The van der Waals surface area contributed by atoms with Gasteiger partial charge < -0.3 is 4.74 Å². The van der Waals surface area contributed by atoms with Crippen LogP contribution in [0.15, 0.2) is 61.2 Å². The number of sulfone groups is 1. The fraction of sp³-hybridized carbons (Fsp3) is 0.176. The van der Waals surface area contributed by atoms with E-state index >= 15 is 0 Å². The summed E-state index contributed by atoms with van der Waals surface area (Å²) in [5, 5.41) is 1.62. The minimum Gasteiger partial charge on any atom is -0.466 e. The zero-order valence-electron chi connectivity index (χ0n) is 15.1. The van der Waals surface area contributed by atoms with Gasteiger partial charge in [-0.1, -0.05) is 18.2 Å². The molecule has 0 unspecified atom stereocenters. The minimum atomic E-state index is -4.02. The van der Waals surface area contributed by atoms with Gasteiger partial charge in [0.2, 0.25) is 9.84 Å². The van der Waals surface area contributed by atoms with E-state index in [1.807, 2.05) is 0 Å². The highest BCUT2D eigenvalue weighted by molar-refractivity contribution is 7.96. The first kappa shape index (κ1) is 21.4. The number of anilines is 1. The van der Waals surface area contributed by atoms with Gasteiger partial charge in [-0.15, -0.1) is 22.7 Å². The molecule has 3 aromatic rings. The molecule has 29 heavy (non-hydrogen) atoms. The summed E-state index contributed by atoms with van der Waals surface area (Å²) in [5.74, 6) is -0.457. The molecule has 3 rings (SSSR count). The molecule has 1 aromatic carbocycles. The topological polar surface area (TPSA) is 119 Å². The zero-order valence-corrected chi connectivity index (χ0v) is 18.3. The Labute approximate surface area is 176 Å². The molecule has 0 aliphatic rings. The van der Waals surface area contributed by atoms with Crippen LogP contribution in [-0.2, 0) is 35.8 Å². The van der Waals surface area contributed by atoms with Crippen molar-refractivity contribution in [1.82, 2.24) is 4.98 Å². The SMILES string of the molecule is CCOC(=O)Cc1csc(NS(=O)(=O)c2ccc(S(=O)(=O)c3ccccc3)s2)n1. The molecule has 0 saturated heterocycles. The van der Waals surface area contributed by atoms with E-state index in [2.05, 4.69) is 9.71 Å². The minimum absolute atomic E-state index is 0.0649. The van der Waals surface area contributed by atoms with Gasteiger partial charge in [0.05, 0.1) is 23.6 Å². The van der Waals surface area contributed by atoms with E-state index in [0.29, 0.717) is 17.0 Å². The highest BCUT2D eigenvalue weighted by Crippen LogP contribution is 2.31. The third-order valence-corrected chi connectivity index (χ3v) is 9.66. The zero-order chi connectivity index (χ0) is 21.1. The molecule has 2 aromatic heterocycles. The summed E-state index contributed by atoms with van der Waals surface area (Å²) in [5.41, 5.74) is 0.379. The van der Waals surface area contributed by atoms with Crippen LogP contribution in [-0.4, -0.2) is 34.4 Å². The number of hydrogen-bond donors (Lipinski definition) is 1. The Kier molecular flexibility index (Phi) is 6.36. The molecule has 0 fully saturated rings. The molecule has 0 radical (unpaired) electrons. The maximum atomic E-state index is 12.6. The molecule has 12 heteroatoms. The third-order valence-electron chi connectivity index (χ3n) is 3.54.